The van der Waals surface area contributed by atoms with E-state index in [1.165, 1.54) is 6.42 Å². The predicted octanol–water partition coefficient (Wildman–Crippen LogP) is 2.91. The van der Waals surface area contributed by atoms with E-state index < -0.39 is 0 Å². The molecule has 0 unspecified atom stereocenters. The van der Waals surface area contributed by atoms with Crippen LogP contribution in [0.2, 0.25) is 0 Å². The maximum absolute atomic E-state index is 11.4. The number of hydrogen-bond donors (Lipinski definition) is 0. The van der Waals surface area contributed by atoms with Crippen LogP contribution in [0.1, 0.15) is 25.7 Å². The van der Waals surface area contributed by atoms with Gasteiger partial charge in [-0.05, 0) is 12.8 Å². The third kappa shape index (κ3) is 6.41. The summed E-state index contributed by atoms with van der Waals surface area (Å²) in [6.45, 7) is -0.151. The van der Waals surface area contributed by atoms with Crippen LogP contribution in [0.3, 0.4) is 0 Å². The summed E-state index contributed by atoms with van der Waals surface area (Å²) in [6, 6.07) is 0. The Bertz CT molecular complexity index is 33.5. The van der Waals surface area contributed by atoms with Gasteiger partial charge in [0.15, 0.2) is 0 Å². The van der Waals surface area contributed by atoms with Crippen molar-refractivity contribution in [2.45, 2.75) is 25.7 Å². The Morgan fingerprint density at radius 3 is 2.12 bits per heavy atom. The van der Waals surface area contributed by atoms with Gasteiger partial charge in [0.1, 0.15) is 0 Å². The van der Waals surface area contributed by atoms with Crippen molar-refractivity contribution in [2.24, 2.45) is 0 Å². The summed E-state index contributed by atoms with van der Waals surface area (Å²) in [6.07, 6.45) is 4.13. The average molecular weight is 183 g/mol. The first kappa shape index (κ1) is 8.41. The SMILES string of the molecule is FCCCCCCBr. The van der Waals surface area contributed by atoms with Gasteiger partial charge < -0.3 is 0 Å². The lowest BCUT2D eigenvalue weighted by Gasteiger charge is -1.91. The Labute approximate surface area is 58.6 Å². The average Bonchev–Trinajstić information content (AvgIpc) is 1.81. The molecule has 0 rings (SSSR count). The lowest BCUT2D eigenvalue weighted by atomic mass is 10.2. The second kappa shape index (κ2) is 7.41. The van der Waals surface area contributed by atoms with Crippen LogP contribution in [-0.2, 0) is 0 Å². The monoisotopic (exact) mass is 182 g/mol. The molecule has 0 atom stereocenters. The number of unbranched alkanes of at least 4 members (excludes halogenated alkanes) is 3. The van der Waals surface area contributed by atoms with Crippen molar-refractivity contribution in [3.05, 3.63) is 0 Å². The van der Waals surface area contributed by atoms with Crippen LogP contribution in [-0.4, -0.2) is 12.0 Å². The molecule has 0 aromatic carbocycles. The van der Waals surface area contributed by atoms with Crippen molar-refractivity contribution in [1.82, 2.24) is 0 Å². The van der Waals surface area contributed by atoms with Crippen molar-refractivity contribution in [1.29, 1.82) is 0 Å². The first-order valence-corrected chi connectivity index (χ1v) is 4.16. The second-order valence-electron chi connectivity index (χ2n) is 1.79. The van der Waals surface area contributed by atoms with Crippen molar-refractivity contribution >= 4 is 15.9 Å². The topological polar surface area (TPSA) is 0 Å². The fourth-order valence-corrected chi connectivity index (χ4v) is 0.939. The largest absolute Gasteiger partial charge is 0.251 e. The van der Waals surface area contributed by atoms with E-state index >= 15 is 0 Å². The van der Waals surface area contributed by atoms with E-state index in [0.29, 0.717) is 0 Å². The molecule has 0 aromatic heterocycles. The molecule has 0 fully saturated rings. The van der Waals surface area contributed by atoms with Gasteiger partial charge in [-0.15, -0.1) is 0 Å². The highest BCUT2D eigenvalue weighted by molar-refractivity contribution is 9.09. The maximum atomic E-state index is 11.4. The Morgan fingerprint density at radius 2 is 1.62 bits per heavy atom. The third-order valence-electron chi connectivity index (χ3n) is 1.02. The molecular weight excluding hydrogens is 171 g/mol. The molecule has 0 saturated carbocycles. The minimum Gasteiger partial charge on any atom is -0.251 e. The summed E-state index contributed by atoms with van der Waals surface area (Å²) in [5.41, 5.74) is 0. The molecule has 0 heterocycles. The van der Waals surface area contributed by atoms with Crippen molar-refractivity contribution in [3.63, 3.8) is 0 Å². The molecule has 50 valence electrons. The standard InChI is InChI=1S/C6H12BrF/c7-5-3-1-2-4-6-8/h1-6H2. The zero-order valence-corrected chi connectivity index (χ0v) is 6.58. The molecule has 0 bridgehead atoms. The number of halogens is 2. The number of alkyl halides is 2. The molecule has 0 radical (unpaired) electrons. The molecular formula is C6H12BrF. The van der Waals surface area contributed by atoms with Crippen LogP contribution in [0.15, 0.2) is 0 Å². The highest BCUT2D eigenvalue weighted by Gasteiger charge is 1.85. The van der Waals surface area contributed by atoms with Crippen LogP contribution < -0.4 is 0 Å². The molecule has 2 heteroatoms. The van der Waals surface area contributed by atoms with Gasteiger partial charge in [0.2, 0.25) is 0 Å². The van der Waals surface area contributed by atoms with Crippen molar-refractivity contribution in [2.75, 3.05) is 12.0 Å². The van der Waals surface area contributed by atoms with E-state index in [4.69, 9.17) is 0 Å². The summed E-state index contributed by atoms with van der Waals surface area (Å²) >= 11 is 3.31. The Kier molecular flexibility index (Phi) is 7.79. The highest BCUT2D eigenvalue weighted by Crippen LogP contribution is 2.01. The molecule has 0 saturated heterocycles. The second-order valence-corrected chi connectivity index (χ2v) is 2.59. The smallest absolute Gasteiger partial charge is 0.0894 e. The van der Waals surface area contributed by atoms with Gasteiger partial charge in [-0.2, -0.15) is 0 Å². The van der Waals surface area contributed by atoms with Gasteiger partial charge in [-0.3, -0.25) is 4.39 Å². The fourth-order valence-electron chi connectivity index (χ4n) is 0.543. The van der Waals surface area contributed by atoms with Crippen LogP contribution in [0, 0.1) is 0 Å². The van der Waals surface area contributed by atoms with E-state index in [-0.39, 0.29) is 6.67 Å². The van der Waals surface area contributed by atoms with Gasteiger partial charge >= 0.3 is 0 Å². The van der Waals surface area contributed by atoms with E-state index in [2.05, 4.69) is 15.9 Å². The fraction of sp³-hybridized carbons (Fsp3) is 1.00. The molecule has 0 aromatic rings. The quantitative estimate of drug-likeness (QED) is 0.454. The first-order chi connectivity index (χ1) is 3.91. The predicted molar refractivity (Wildman–Crippen MR) is 38.2 cm³/mol. The van der Waals surface area contributed by atoms with E-state index in [0.717, 1.165) is 24.6 Å². The first-order valence-electron chi connectivity index (χ1n) is 3.03. The normalized spacial score (nSPS) is 9.75. The van der Waals surface area contributed by atoms with Crippen LogP contribution in [0.25, 0.3) is 0 Å². The van der Waals surface area contributed by atoms with Crippen molar-refractivity contribution in [3.8, 4) is 0 Å². The zero-order chi connectivity index (χ0) is 6.24. The zero-order valence-electron chi connectivity index (χ0n) is 5.00. The molecule has 0 nitrogen and oxygen atoms in total. The van der Waals surface area contributed by atoms with Crippen LogP contribution in [0.5, 0.6) is 0 Å². The molecule has 0 aliphatic rings. The lowest BCUT2D eigenvalue weighted by molar-refractivity contribution is 0.455. The molecule has 0 N–H and O–H groups in total. The van der Waals surface area contributed by atoms with Gasteiger partial charge in [-0.1, -0.05) is 28.8 Å². The number of rotatable bonds is 5. The van der Waals surface area contributed by atoms with Crippen LogP contribution >= 0.6 is 15.9 Å². The number of hydrogen-bond acceptors (Lipinski definition) is 0. The van der Waals surface area contributed by atoms with Gasteiger partial charge in [0.05, 0.1) is 6.67 Å². The summed E-state index contributed by atoms with van der Waals surface area (Å²) in [5.74, 6) is 0. The van der Waals surface area contributed by atoms with Gasteiger partial charge in [0, 0.05) is 5.33 Å². The molecule has 0 aliphatic carbocycles. The maximum Gasteiger partial charge on any atom is 0.0894 e. The summed E-state index contributed by atoms with van der Waals surface area (Å²) < 4.78 is 11.4. The molecule has 0 amide bonds. The Morgan fingerprint density at radius 1 is 1.00 bits per heavy atom. The third-order valence-corrected chi connectivity index (χ3v) is 1.58. The van der Waals surface area contributed by atoms with E-state index in [1.54, 1.807) is 0 Å². The van der Waals surface area contributed by atoms with E-state index in [9.17, 15) is 4.39 Å². The van der Waals surface area contributed by atoms with Gasteiger partial charge in [0.25, 0.3) is 0 Å². The van der Waals surface area contributed by atoms with E-state index in [1.807, 2.05) is 0 Å². The van der Waals surface area contributed by atoms with Crippen LogP contribution in [0.4, 0.5) is 4.39 Å². The summed E-state index contributed by atoms with van der Waals surface area (Å²) in [7, 11) is 0. The van der Waals surface area contributed by atoms with Crippen molar-refractivity contribution < 1.29 is 4.39 Å². The summed E-state index contributed by atoms with van der Waals surface area (Å²) in [5, 5.41) is 1.05. The molecule has 0 aliphatic heterocycles. The molecule has 0 spiro atoms. The minimum absolute atomic E-state index is 0.151. The molecule has 8 heavy (non-hydrogen) atoms. The summed E-state index contributed by atoms with van der Waals surface area (Å²) in [4.78, 5) is 0. The van der Waals surface area contributed by atoms with Gasteiger partial charge in [-0.25, -0.2) is 0 Å². The minimum atomic E-state index is -0.151. The Balaban J connectivity index is 2.53. The highest BCUT2D eigenvalue weighted by atomic mass is 79.9. The lowest BCUT2D eigenvalue weighted by Crippen LogP contribution is -1.79. The Hall–Kier alpha value is 0.410.